The van der Waals surface area contributed by atoms with E-state index in [0.717, 1.165) is 26.3 Å². The van der Waals surface area contributed by atoms with Crippen molar-refractivity contribution >= 4 is 78.8 Å². The average molecular weight is 1040 g/mol. The zero-order valence-corrected chi connectivity index (χ0v) is 42.0. The number of carbonyl (C=O) groups is 6. The van der Waals surface area contributed by atoms with Crippen LogP contribution < -0.4 is 5.32 Å². The monoisotopic (exact) mass is 1040 g/mol. The second-order valence-electron chi connectivity index (χ2n) is 17.2. The van der Waals surface area contributed by atoms with Crippen molar-refractivity contribution < 1.29 is 80.9 Å². The number of rotatable bonds is 20. The van der Waals surface area contributed by atoms with Gasteiger partial charge in [0.05, 0.1) is 24.3 Å². The lowest BCUT2D eigenvalue weighted by atomic mass is 9.94. The molecule has 22 heteroatoms. The number of carbonyl (C=O) groups excluding carboxylic acids is 6. The highest BCUT2D eigenvalue weighted by Crippen LogP contribution is 2.36. The van der Waals surface area contributed by atoms with Crippen LogP contribution in [-0.2, 0) is 73.1 Å². The average Bonchev–Trinajstić information content (AvgIpc) is 3.28. The maximum Gasteiger partial charge on any atom is 0.407 e. The Morgan fingerprint density at radius 3 is 1.67 bits per heavy atom. The van der Waals surface area contributed by atoms with Crippen molar-refractivity contribution in [1.82, 2.24) is 5.32 Å². The van der Waals surface area contributed by atoms with Crippen molar-refractivity contribution in [3.63, 3.8) is 0 Å². The number of benzene rings is 3. The highest BCUT2D eigenvalue weighted by Gasteiger charge is 2.57. The summed E-state index contributed by atoms with van der Waals surface area (Å²) in [5.74, 6) is -4.27. The lowest BCUT2D eigenvalue weighted by molar-refractivity contribution is -0.346. The molecule has 10 atom stereocenters. The van der Waals surface area contributed by atoms with E-state index in [1.807, 2.05) is 30.3 Å². The Kier molecular flexibility index (Phi) is 20.6. The van der Waals surface area contributed by atoms with Crippen molar-refractivity contribution in [3.05, 3.63) is 108 Å². The van der Waals surface area contributed by atoms with E-state index in [2.05, 4.69) is 25.0 Å². The molecule has 18 nitrogen and oxygen atoms in total. The van der Waals surface area contributed by atoms with Crippen molar-refractivity contribution in [3.8, 4) is 0 Å². The largest absolute Gasteiger partial charge is 0.463 e. The molecule has 0 bridgehead atoms. The molecule has 1 N–H and O–H groups in total. The van der Waals surface area contributed by atoms with E-state index in [0.29, 0.717) is 6.04 Å². The Labute approximate surface area is 415 Å². The number of esters is 5. The first-order chi connectivity index (χ1) is 32.7. The lowest BCUT2D eigenvalue weighted by Gasteiger charge is -2.49. The molecule has 376 valence electrons. The van der Waals surface area contributed by atoms with Crippen LogP contribution in [0.3, 0.4) is 0 Å². The van der Waals surface area contributed by atoms with E-state index in [-0.39, 0.29) is 30.9 Å². The summed E-state index contributed by atoms with van der Waals surface area (Å²) in [4.78, 5) is 79.6. The summed E-state index contributed by atoms with van der Waals surface area (Å²) in [6, 6.07) is 24.1. The third kappa shape index (κ3) is 17.8. The minimum absolute atomic E-state index is 0.0671. The number of halogens is 3. The molecule has 0 saturated carbocycles. The van der Waals surface area contributed by atoms with Crippen LogP contribution in [-0.4, -0.2) is 136 Å². The molecular formula is C47H56Cl3NO17Si. The van der Waals surface area contributed by atoms with Crippen LogP contribution in [0.5, 0.6) is 0 Å². The standard InChI is InChI=1S/C47H56Cl3NO17Si/c1-28(52)60-26-35-37(62-29(2)53)39(63-30(3)54)36(51-46(57)61-27-47(48,49)50)44(64-35)68-38-34(25-58-24-31-16-10-7-11-17-31)65-45(59-22-23-69(4,5)6)41(67-43(56)33-20-14-9-15-21-33)40(38)66-42(55)32-18-12-8-13-19-32/h7-21,34-41,44-45H,22-27H2,1-6H3,(H,51,57)/t34-,35-,36-,37+,38-,39-,40+,41-,44+,45-/m1/s1. The smallest absolute Gasteiger partial charge is 0.407 e. The highest BCUT2D eigenvalue weighted by molar-refractivity contribution is 6.76. The fraction of sp³-hybridized carbons (Fsp3) is 0.489. The third-order valence-corrected chi connectivity index (χ3v) is 12.3. The molecule has 0 spiro atoms. The van der Waals surface area contributed by atoms with E-state index in [1.165, 1.54) is 24.3 Å². The van der Waals surface area contributed by atoms with E-state index in [1.54, 1.807) is 36.4 Å². The van der Waals surface area contributed by atoms with E-state index in [4.69, 9.17) is 86.9 Å². The van der Waals surface area contributed by atoms with Crippen LogP contribution >= 0.6 is 34.8 Å². The Morgan fingerprint density at radius 2 is 1.13 bits per heavy atom. The van der Waals surface area contributed by atoms with Crippen molar-refractivity contribution in [2.75, 3.05) is 26.4 Å². The molecule has 2 aliphatic heterocycles. The van der Waals surface area contributed by atoms with Gasteiger partial charge in [0.1, 0.15) is 37.6 Å². The third-order valence-electron chi connectivity index (χ3n) is 10.3. The summed E-state index contributed by atoms with van der Waals surface area (Å²) >= 11 is 17.7. The molecule has 3 aromatic rings. The van der Waals surface area contributed by atoms with Gasteiger partial charge in [-0.25, -0.2) is 14.4 Å². The Balaban J connectivity index is 1.68. The van der Waals surface area contributed by atoms with Crippen LogP contribution in [0.2, 0.25) is 25.7 Å². The maximum atomic E-state index is 14.3. The molecular weight excluding hydrogens is 985 g/mol. The zero-order chi connectivity index (χ0) is 50.3. The minimum Gasteiger partial charge on any atom is -0.463 e. The first-order valence-corrected chi connectivity index (χ1v) is 26.7. The summed E-state index contributed by atoms with van der Waals surface area (Å²) in [6.07, 6.45) is -15.3. The molecule has 69 heavy (non-hydrogen) atoms. The van der Waals surface area contributed by atoms with Crippen LogP contribution in [0.15, 0.2) is 91.0 Å². The highest BCUT2D eigenvalue weighted by atomic mass is 35.6. The van der Waals surface area contributed by atoms with E-state index >= 15 is 0 Å². The Morgan fingerprint density at radius 1 is 0.609 bits per heavy atom. The van der Waals surface area contributed by atoms with Gasteiger partial charge in [-0.2, -0.15) is 0 Å². The molecule has 0 aliphatic carbocycles. The van der Waals surface area contributed by atoms with Gasteiger partial charge >= 0.3 is 35.9 Å². The van der Waals surface area contributed by atoms with Crippen molar-refractivity contribution in [2.45, 2.75) is 118 Å². The molecule has 3 aromatic carbocycles. The van der Waals surface area contributed by atoms with Gasteiger partial charge in [-0.3, -0.25) is 14.4 Å². The molecule has 2 saturated heterocycles. The Bertz CT molecular complexity index is 2170. The number of hydrogen-bond acceptors (Lipinski definition) is 17. The SMILES string of the molecule is CC(=O)OC[C@H]1O[C@@H](O[C@H]2[C@H](OC(=O)c3ccccc3)[C@@H](OC(=O)c3ccccc3)[C@H](OCC[Si](C)(C)C)O[C@@H]2COCc2ccccc2)[C@H](NC(=O)OCC(Cl)(Cl)Cl)[C@@H](OC(C)=O)[C@H]1OC(C)=O. The fourth-order valence-corrected chi connectivity index (χ4v) is 8.00. The molecule has 2 heterocycles. The number of amides is 1. The molecule has 0 radical (unpaired) electrons. The number of alkyl halides is 3. The summed E-state index contributed by atoms with van der Waals surface area (Å²) in [7, 11) is -1.75. The summed E-state index contributed by atoms with van der Waals surface area (Å²) < 4.78 is 64.8. The predicted molar refractivity (Wildman–Crippen MR) is 250 cm³/mol. The van der Waals surface area contributed by atoms with Gasteiger partial charge in [0, 0.05) is 35.5 Å². The first kappa shape index (κ1) is 55.1. The number of alkyl carbamates (subject to hydrolysis) is 1. The predicted octanol–water partition coefficient (Wildman–Crippen LogP) is 6.74. The van der Waals surface area contributed by atoms with Crippen LogP contribution in [0.1, 0.15) is 47.1 Å². The summed E-state index contributed by atoms with van der Waals surface area (Å²) in [5, 5.41) is 2.50. The Hall–Kier alpha value is -4.83. The topological polar surface area (TPSA) is 216 Å². The van der Waals surface area contributed by atoms with Gasteiger partial charge < -0.3 is 57.4 Å². The van der Waals surface area contributed by atoms with Crippen molar-refractivity contribution in [2.24, 2.45) is 0 Å². The van der Waals surface area contributed by atoms with Crippen LogP contribution in [0.25, 0.3) is 0 Å². The second kappa shape index (κ2) is 25.9. The molecule has 0 unspecified atom stereocenters. The van der Waals surface area contributed by atoms with Gasteiger partial charge in [-0.1, -0.05) is 121 Å². The second-order valence-corrected chi connectivity index (χ2v) is 25.3. The van der Waals surface area contributed by atoms with Gasteiger partial charge in [-0.15, -0.1) is 0 Å². The molecule has 5 rings (SSSR count). The maximum absolute atomic E-state index is 14.3. The van der Waals surface area contributed by atoms with Crippen molar-refractivity contribution in [1.29, 1.82) is 0 Å². The normalized spacial score (nSPS) is 24.8. The van der Waals surface area contributed by atoms with Crippen LogP contribution in [0, 0.1) is 0 Å². The zero-order valence-electron chi connectivity index (χ0n) is 38.8. The number of nitrogens with one attached hydrogen (secondary N) is 1. The first-order valence-electron chi connectivity index (χ1n) is 21.9. The van der Waals surface area contributed by atoms with E-state index < -0.39 is 122 Å². The summed E-state index contributed by atoms with van der Waals surface area (Å²) in [6.45, 7) is 8.24. The van der Waals surface area contributed by atoms with Gasteiger partial charge in [0.2, 0.25) is 3.79 Å². The quantitative estimate of drug-likeness (QED) is 0.0537. The summed E-state index contributed by atoms with van der Waals surface area (Å²) in [5.41, 5.74) is 1.03. The molecule has 1 amide bonds. The van der Waals surface area contributed by atoms with Gasteiger partial charge in [-0.05, 0) is 35.9 Å². The minimum atomic E-state index is -2.07. The molecule has 0 aromatic heterocycles. The number of ether oxygens (including phenoxy) is 11. The fourth-order valence-electron chi connectivity index (χ4n) is 7.10. The van der Waals surface area contributed by atoms with Gasteiger partial charge in [0.25, 0.3) is 0 Å². The number of hydrogen-bond donors (Lipinski definition) is 1. The van der Waals surface area contributed by atoms with Gasteiger partial charge in [0.15, 0.2) is 37.0 Å². The van der Waals surface area contributed by atoms with Crippen LogP contribution in [0.4, 0.5) is 4.79 Å². The molecule has 2 fully saturated rings. The lowest BCUT2D eigenvalue weighted by Crippen LogP contribution is -2.69. The molecule has 2 aliphatic rings. The van der Waals surface area contributed by atoms with E-state index in [9.17, 15) is 28.8 Å².